The number of thiazole rings is 1. The van der Waals surface area contributed by atoms with Crippen molar-refractivity contribution in [2.45, 2.75) is 209 Å². The van der Waals surface area contributed by atoms with Gasteiger partial charge < -0.3 is 61.9 Å². The highest BCUT2D eigenvalue weighted by molar-refractivity contribution is 7.09. The molecule has 0 unspecified atom stereocenters. The molecule has 0 spiro atoms. The number of primary amides is 1. The van der Waals surface area contributed by atoms with Gasteiger partial charge in [-0.05, 0) is 132 Å². The number of likely N-dealkylation sites (N-methyl/N-ethyl adjacent to an activating group) is 1. The number of hydrogen-bond donors (Lipinski definition) is 8. The number of anilines is 1. The molecule has 1 aliphatic rings. The molecule has 25 nitrogen and oxygen atoms in total. The summed E-state index contributed by atoms with van der Waals surface area (Å²) in [6.45, 7) is 21.1. The standard InChI is InChI=1S/C72H108N10O15S/c1-14-45(7)56(39-61(86)72(11)30-19-33-81(72)12)68(91)82(13)58(43(3)4)40-60(97-71(95)74-15-2)67-79-57(42-98-67)66(90)78-55(34-46(8)69(92)93)36-49-22-24-50(25-23-49)37-62(87)96-41-51-26-28-54(29-27-51)77-64(88)53(21-18-32-76-70(73)94)38-59(85)63(44(5)6)80-65(89)52(35-47(9)83)20-16-17-31-75-48(10)84/h22-29,42-46,52-53,55-56,58,60,63H,14-21,30-41H2,1-13H3,(H,74,95)(H,75,84)(H,77,88)(H,78,90)(H,80,89)(H,92,93)(H3,73,76,94)/t45-,46-,52+,53+,55+,56-,58+,60+,63-,72+/m0/s1. The SMILES string of the molecule is CCNC(=O)O[C@H](C[C@H](C(C)C)N(C)C(=O)[C@@H](CC(=O)[C@@]1(C)CCCN1C)[C@@H](C)CC)c1nc(C(=O)N[C@@H](Cc2ccc(CC(=O)OCc3ccc(NC(=O)[C@H](CCCNC(N)=O)CC(=O)[C@@H](NC(=O)[C@H](CCCCNC(C)=O)CC(C)=O)C(C)C)cc3)cc2)C[C@H](C)C(=O)O)cs1. The van der Waals surface area contributed by atoms with Crippen molar-refractivity contribution in [3.05, 3.63) is 81.3 Å². The number of nitrogens with zero attached hydrogens (tertiary/aromatic N) is 3. The van der Waals surface area contributed by atoms with Gasteiger partial charge in [-0.2, -0.15) is 0 Å². The minimum absolute atomic E-state index is 0.0193. The minimum Gasteiger partial charge on any atom is -0.481 e. The lowest BCUT2D eigenvalue weighted by atomic mass is 9.80. The van der Waals surface area contributed by atoms with Gasteiger partial charge in [0.2, 0.25) is 23.6 Å². The summed E-state index contributed by atoms with van der Waals surface area (Å²) >= 11 is 1.11. The largest absolute Gasteiger partial charge is 0.481 e. The van der Waals surface area contributed by atoms with Crippen LogP contribution in [-0.4, -0.2) is 155 Å². The molecule has 2 aromatic carbocycles. The van der Waals surface area contributed by atoms with Crippen LogP contribution in [0.4, 0.5) is 15.3 Å². The summed E-state index contributed by atoms with van der Waals surface area (Å²) in [4.78, 5) is 166. The molecule has 8 amide bonds. The summed E-state index contributed by atoms with van der Waals surface area (Å²) in [6, 6.07) is 10.8. The molecule has 10 atom stereocenters. The number of ether oxygens (including phenoxy) is 2. The predicted molar refractivity (Wildman–Crippen MR) is 373 cm³/mol. The number of nitrogens with two attached hydrogens (primary N) is 1. The first-order valence-electron chi connectivity index (χ1n) is 34.4. The number of urea groups is 1. The Balaban J connectivity index is 1.41. The fourth-order valence-corrected chi connectivity index (χ4v) is 13.1. The van der Waals surface area contributed by atoms with Crippen LogP contribution in [0.1, 0.15) is 198 Å². The Kier molecular flexibility index (Phi) is 34.2. The van der Waals surface area contributed by atoms with Gasteiger partial charge in [-0.15, -0.1) is 11.3 Å². The molecule has 0 bridgehead atoms. The van der Waals surface area contributed by atoms with Gasteiger partial charge in [0, 0.05) is 100 Å². The fourth-order valence-electron chi connectivity index (χ4n) is 12.2. The van der Waals surface area contributed by atoms with Crippen molar-refractivity contribution in [3.8, 4) is 0 Å². The second-order valence-corrected chi connectivity index (χ2v) is 28.1. The van der Waals surface area contributed by atoms with Crippen LogP contribution >= 0.6 is 11.3 Å². The number of aliphatic carboxylic acids is 1. The number of likely N-dealkylation sites (tertiary alicyclic amines) is 1. The number of amides is 8. The highest BCUT2D eigenvalue weighted by Gasteiger charge is 2.44. The van der Waals surface area contributed by atoms with E-state index in [1.807, 2.05) is 41.7 Å². The second kappa shape index (κ2) is 40.7. The lowest BCUT2D eigenvalue weighted by Gasteiger charge is -2.38. The molecule has 26 heteroatoms. The van der Waals surface area contributed by atoms with E-state index in [1.165, 1.54) is 13.8 Å². The smallest absolute Gasteiger partial charge is 0.407 e. The monoisotopic (exact) mass is 1380 g/mol. The van der Waals surface area contributed by atoms with Crippen LogP contribution in [0.25, 0.3) is 0 Å². The Labute approximate surface area is 581 Å². The average molecular weight is 1390 g/mol. The quantitative estimate of drug-likeness (QED) is 0.0194. The minimum atomic E-state index is -1.05. The lowest BCUT2D eigenvalue weighted by Crippen LogP contribution is -2.50. The highest BCUT2D eigenvalue weighted by atomic mass is 32.1. The van der Waals surface area contributed by atoms with Crippen LogP contribution in [-0.2, 0) is 72.1 Å². The van der Waals surface area contributed by atoms with Crippen molar-refractivity contribution in [3.63, 3.8) is 0 Å². The Morgan fingerprint density at radius 2 is 1.40 bits per heavy atom. The van der Waals surface area contributed by atoms with Gasteiger partial charge in [0.15, 0.2) is 17.7 Å². The first-order valence-corrected chi connectivity index (χ1v) is 35.3. The summed E-state index contributed by atoms with van der Waals surface area (Å²) < 4.78 is 11.6. The van der Waals surface area contributed by atoms with Gasteiger partial charge >= 0.3 is 24.1 Å². The van der Waals surface area contributed by atoms with Crippen LogP contribution in [0.2, 0.25) is 0 Å². The van der Waals surface area contributed by atoms with Crippen molar-refractivity contribution < 1.29 is 72.1 Å². The third-order valence-electron chi connectivity index (χ3n) is 18.6. The van der Waals surface area contributed by atoms with Crippen LogP contribution in [0.15, 0.2) is 53.9 Å². The van der Waals surface area contributed by atoms with E-state index in [0.717, 1.165) is 36.3 Å². The number of unbranched alkanes of at least 4 members (excludes halogenated alkanes) is 1. The maximum Gasteiger partial charge on any atom is 0.407 e. The molecule has 0 aliphatic carbocycles. The number of ketones is 3. The Morgan fingerprint density at radius 1 is 0.765 bits per heavy atom. The summed E-state index contributed by atoms with van der Waals surface area (Å²) in [7, 11) is 3.67. The van der Waals surface area contributed by atoms with E-state index in [9.17, 15) is 62.6 Å². The number of aromatic nitrogens is 1. The Bertz CT molecular complexity index is 3180. The van der Waals surface area contributed by atoms with E-state index < -0.39 is 95.2 Å². The highest BCUT2D eigenvalue weighted by Crippen LogP contribution is 2.36. The topological polar surface area (TPSA) is 361 Å². The number of Topliss-reactive ketones (excluding diaryl/α,β-unsaturated/α-hetero) is 3. The van der Waals surface area contributed by atoms with Gasteiger partial charge in [0.25, 0.3) is 5.91 Å². The molecule has 0 radical (unpaired) electrons. The first kappa shape index (κ1) is 82.3. The lowest BCUT2D eigenvalue weighted by molar-refractivity contribution is -0.144. The zero-order valence-electron chi connectivity index (χ0n) is 59.7. The summed E-state index contributed by atoms with van der Waals surface area (Å²) in [6.07, 6.45) is 2.85. The van der Waals surface area contributed by atoms with Gasteiger partial charge in [0.1, 0.15) is 23.1 Å². The van der Waals surface area contributed by atoms with Crippen LogP contribution in [0, 0.1) is 41.4 Å². The molecule has 1 fully saturated rings. The number of carboxylic acid groups (broad SMARTS) is 1. The van der Waals surface area contributed by atoms with Crippen molar-refractivity contribution in [1.82, 2.24) is 41.4 Å². The Hall–Kier alpha value is -8.13. The van der Waals surface area contributed by atoms with Crippen molar-refractivity contribution in [1.29, 1.82) is 0 Å². The number of nitrogens with one attached hydrogen (secondary N) is 6. The molecule has 3 aromatic rings. The van der Waals surface area contributed by atoms with E-state index in [4.69, 9.17) is 15.2 Å². The van der Waals surface area contributed by atoms with E-state index >= 15 is 0 Å². The van der Waals surface area contributed by atoms with Crippen molar-refractivity contribution in [2.75, 3.05) is 45.6 Å². The summed E-state index contributed by atoms with van der Waals surface area (Å²) in [5.74, 6) is -7.53. The number of esters is 1. The second-order valence-electron chi connectivity index (χ2n) is 27.2. The number of rotatable bonds is 43. The zero-order chi connectivity index (χ0) is 73.0. The van der Waals surface area contributed by atoms with E-state index in [-0.39, 0.29) is 124 Å². The van der Waals surface area contributed by atoms with Crippen molar-refractivity contribution >= 4 is 88.0 Å². The van der Waals surface area contributed by atoms with Gasteiger partial charge in [-0.25, -0.2) is 14.6 Å². The molecule has 1 aromatic heterocycles. The number of benzene rings is 2. The molecule has 4 rings (SSSR count). The number of carbonyl (C=O) groups is 12. The summed E-state index contributed by atoms with van der Waals surface area (Å²) in [5, 5.41) is 28.3. The van der Waals surface area contributed by atoms with Crippen LogP contribution in [0.3, 0.4) is 0 Å². The van der Waals surface area contributed by atoms with Crippen molar-refractivity contribution in [2.24, 2.45) is 47.2 Å². The number of carboxylic acids is 1. The molecule has 542 valence electrons. The summed E-state index contributed by atoms with van der Waals surface area (Å²) in [5.41, 5.74) is 7.01. The van der Waals surface area contributed by atoms with Crippen LogP contribution < -0.4 is 37.6 Å². The number of hydrogen-bond acceptors (Lipinski definition) is 17. The normalized spacial score (nSPS) is 16.6. The maximum absolute atomic E-state index is 14.6. The molecule has 98 heavy (non-hydrogen) atoms. The molecule has 9 N–H and O–H groups in total. The molecule has 2 heterocycles. The van der Waals surface area contributed by atoms with Gasteiger partial charge in [0.05, 0.1) is 23.9 Å². The average Bonchev–Trinajstić information content (AvgIpc) is 1.56. The fraction of sp³-hybridized carbons (Fsp3) is 0.625. The molecule has 1 saturated heterocycles. The van der Waals surface area contributed by atoms with Crippen LogP contribution in [0.5, 0.6) is 0 Å². The number of carbonyl (C=O) groups excluding carboxylic acids is 11. The predicted octanol–water partition coefficient (Wildman–Crippen LogP) is 8.65. The molecular weight excluding hydrogens is 1280 g/mol. The number of alkyl carbamates (subject to hydrolysis) is 1. The van der Waals surface area contributed by atoms with E-state index in [0.29, 0.717) is 60.5 Å². The van der Waals surface area contributed by atoms with E-state index in [2.05, 4.69) is 41.8 Å². The van der Waals surface area contributed by atoms with Gasteiger partial charge in [-0.1, -0.05) is 97.7 Å². The molecule has 1 aliphatic heterocycles. The first-order chi connectivity index (χ1) is 46.3. The van der Waals surface area contributed by atoms with Gasteiger partial charge in [-0.3, -0.25) is 48.1 Å². The third-order valence-corrected chi connectivity index (χ3v) is 19.5. The molecule has 0 saturated carbocycles. The zero-order valence-corrected chi connectivity index (χ0v) is 60.5. The Morgan fingerprint density at radius 3 is 1.98 bits per heavy atom. The molecular formula is C72H108N10O15S. The van der Waals surface area contributed by atoms with E-state index in [1.54, 1.807) is 93.6 Å². The maximum atomic E-state index is 14.6. The third kappa shape index (κ3) is 26.9.